The lowest BCUT2D eigenvalue weighted by atomic mass is 10.5. The van der Waals surface area contributed by atoms with E-state index in [1.54, 1.807) is 12.3 Å². The zero-order valence-electron chi connectivity index (χ0n) is 6.11. The number of pyridine rings is 1. The average Bonchev–Trinajstić information content (AvgIpc) is 2.46. The SMILES string of the molecule is SCc1nnc2ccc(Cl)cn12. The van der Waals surface area contributed by atoms with Crippen LogP contribution >= 0.6 is 24.2 Å². The molecule has 0 fully saturated rings. The largest absolute Gasteiger partial charge is 0.284 e. The molecule has 2 aromatic rings. The van der Waals surface area contributed by atoms with Crippen molar-refractivity contribution in [2.45, 2.75) is 5.75 Å². The van der Waals surface area contributed by atoms with E-state index in [2.05, 4.69) is 22.8 Å². The van der Waals surface area contributed by atoms with Crippen molar-refractivity contribution < 1.29 is 0 Å². The standard InChI is InChI=1S/C7H6ClN3S/c8-5-1-2-6-9-10-7(4-12)11(6)3-5/h1-3,12H,4H2. The molecule has 5 heteroatoms. The van der Waals surface area contributed by atoms with E-state index in [-0.39, 0.29) is 0 Å². The Bertz CT molecular complexity index is 412. The molecule has 0 atom stereocenters. The molecule has 0 radical (unpaired) electrons. The molecule has 0 amide bonds. The van der Waals surface area contributed by atoms with Gasteiger partial charge in [0, 0.05) is 6.20 Å². The maximum atomic E-state index is 5.80. The molecule has 2 rings (SSSR count). The maximum absolute atomic E-state index is 5.80. The lowest BCUT2D eigenvalue weighted by molar-refractivity contribution is 0.993. The second kappa shape index (κ2) is 2.95. The van der Waals surface area contributed by atoms with Gasteiger partial charge in [-0.05, 0) is 12.1 Å². The van der Waals surface area contributed by atoms with Crippen LogP contribution in [0.25, 0.3) is 5.65 Å². The molecular formula is C7H6ClN3S. The second-order valence-electron chi connectivity index (χ2n) is 2.35. The molecule has 2 heterocycles. The molecule has 0 aliphatic carbocycles. The van der Waals surface area contributed by atoms with Gasteiger partial charge < -0.3 is 0 Å². The molecule has 0 aliphatic rings. The van der Waals surface area contributed by atoms with Crippen LogP contribution in [0.4, 0.5) is 0 Å². The Balaban J connectivity index is 2.75. The molecule has 0 aromatic carbocycles. The Morgan fingerprint density at radius 2 is 2.25 bits per heavy atom. The summed E-state index contributed by atoms with van der Waals surface area (Å²) >= 11 is 9.92. The fraction of sp³-hybridized carbons (Fsp3) is 0.143. The van der Waals surface area contributed by atoms with Crippen molar-refractivity contribution in [3.63, 3.8) is 0 Å². The Kier molecular flexibility index (Phi) is 1.94. The van der Waals surface area contributed by atoms with Crippen LogP contribution in [0.3, 0.4) is 0 Å². The molecule has 0 saturated carbocycles. The van der Waals surface area contributed by atoms with Crippen LogP contribution in [-0.2, 0) is 5.75 Å². The first kappa shape index (κ1) is 7.89. The molecule has 0 unspecified atom stereocenters. The predicted molar refractivity (Wildman–Crippen MR) is 50.7 cm³/mol. The topological polar surface area (TPSA) is 30.2 Å². The van der Waals surface area contributed by atoms with Gasteiger partial charge >= 0.3 is 0 Å². The van der Waals surface area contributed by atoms with Gasteiger partial charge in [-0.15, -0.1) is 10.2 Å². The number of hydrogen-bond donors (Lipinski definition) is 1. The van der Waals surface area contributed by atoms with E-state index in [0.29, 0.717) is 10.8 Å². The third-order valence-corrected chi connectivity index (χ3v) is 2.08. The zero-order chi connectivity index (χ0) is 8.55. The summed E-state index contributed by atoms with van der Waals surface area (Å²) in [4.78, 5) is 0. The van der Waals surface area contributed by atoms with Crippen LogP contribution in [0.15, 0.2) is 18.3 Å². The molecule has 3 nitrogen and oxygen atoms in total. The maximum Gasteiger partial charge on any atom is 0.160 e. The summed E-state index contributed by atoms with van der Waals surface area (Å²) in [6.45, 7) is 0. The van der Waals surface area contributed by atoms with E-state index in [0.717, 1.165) is 11.5 Å². The van der Waals surface area contributed by atoms with Gasteiger partial charge in [-0.1, -0.05) is 11.6 Å². The Hall–Kier alpha value is -0.740. The van der Waals surface area contributed by atoms with Crippen LogP contribution in [0.5, 0.6) is 0 Å². The number of halogens is 1. The fourth-order valence-electron chi connectivity index (χ4n) is 1.02. The van der Waals surface area contributed by atoms with E-state index in [9.17, 15) is 0 Å². The highest BCUT2D eigenvalue weighted by molar-refractivity contribution is 7.79. The molecular weight excluding hydrogens is 194 g/mol. The van der Waals surface area contributed by atoms with Crippen molar-refractivity contribution >= 4 is 29.9 Å². The van der Waals surface area contributed by atoms with E-state index >= 15 is 0 Å². The summed E-state index contributed by atoms with van der Waals surface area (Å²) in [5.41, 5.74) is 0.795. The summed E-state index contributed by atoms with van der Waals surface area (Å²) in [5, 5.41) is 8.54. The van der Waals surface area contributed by atoms with Gasteiger partial charge in [0.1, 0.15) is 5.82 Å². The van der Waals surface area contributed by atoms with Crippen LogP contribution < -0.4 is 0 Å². The van der Waals surface area contributed by atoms with Crippen LogP contribution in [0, 0.1) is 0 Å². The minimum atomic E-state index is 0.557. The van der Waals surface area contributed by atoms with Gasteiger partial charge in [0.05, 0.1) is 10.8 Å². The van der Waals surface area contributed by atoms with E-state index in [1.165, 1.54) is 0 Å². The van der Waals surface area contributed by atoms with Gasteiger partial charge in [-0.25, -0.2) is 0 Å². The second-order valence-corrected chi connectivity index (χ2v) is 3.10. The van der Waals surface area contributed by atoms with Gasteiger partial charge in [-0.2, -0.15) is 12.6 Å². The summed E-state index contributed by atoms with van der Waals surface area (Å²) < 4.78 is 1.83. The number of hydrogen-bond acceptors (Lipinski definition) is 3. The van der Waals surface area contributed by atoms with Crippen LogP contribution in [0.1, 0.15) is 5.82 Å². The Morgan fingerprint density at radius 1 is 1.42 bits per heavy atom. The molecule has 0 bridgehead atoms. The summed E-state index contributed by atoms with van der Waals surface area (Å²) in [6, 6.07) is 3.61. The summed E-state index contributed by atoms with van der Waals surface area (Å²) in [6.07, 6.45) is 1.78. The average molecular weight is 200 g/mol. The molecule has 62 valence electrons. The lowest BCUT2D eigenvalue weighted by Crippen LogP contribution is -1.89. The van der Waals surface area contributed by atoms with Crippen molar-refractivity contribution in [3.8, 4) is 0 Å². The monoisotopic (exact) mass is 199 g/mol. The highest BCUT2D eigenvalue weighted by atomic mass is 35.5. The van der Waals surface area contributed by atoms with Gasteiger partial charge in [0.2, 0.25) is 0 Å². The number of thiol groups is 1. The van der Waals surface area contributed by atoms with Crippen molar-refractivity contribution in [2.24, 2.45) is 0 Å². The first-order valence-corrected chi connectivity index (χ1v) is 4.42. The zero-order valence-corrected chi connectivity index (χ0v) is 7.76. The fourth-order valence-corrected chi connectivity index (χ4v) is 1.40. The third-order valence-electron chi connectivity index (χ3n) is 1.58. The molecule has 0 saturated heterocycles. The van der Waals surface area contributed by atoms with E-state index in [1.807, 2.05) is 10.5 Å². The van der Waals surface area contributed by atoms with E-state index in [4.69, 9.17) is 11.6 Å². The number of rotatable bonds is 1. The van der Waals surface area contributed by atoms with Crippen molar-refractivity contribution in [1.29, 1.82) is 0 Å². The Labute approximate surface area is 79.8 Å². The first-order valence-electron chi connectivity index (χ1n) is 3.41. The first-order chi connectivity index (χ1) is 5.81. The molecule has 2 aromatic heterocycles. The van der Waals surface area contributed by atoms with Crippen LogP contribution in [0.2, 0.25) is 5.02 Å². The minimum absolute atomic E-state index is 0.557. The van der Waals surface area contributed by atoms with Gasteiger partial charge in [-0.3, -0.25) is 4.40 Å². The molecule has 0 N–H and O–H groups in total. The Morgan fingerprint density at radius 3 is 3.00 bits per heavy atom. The number of fused-ring (bicyclic) bond motifs is 1. The number of aromatic nitrogens is 3. The minimum Gasteiger partial charge on any atom is -0.284 e. The van der Waals surface area contributed by atoms with Crippen molar-refractivity contribution in [1.82, 2.24) is 14.6 Å². The molecule has 0 aliphatic heterocycles. The molecule has 12 heavy (non-hydrogen) atoms. The van der Waals surface area contributed by atoms with Gasteiger partial charge in [0.25, 0.3) is 0 Å². The quantitative estimate of drug-likeness (QED) is 0.711. The predicted octanol–water partition coefficient (Wildman–Crippen LogP) is 1.81. The smallest absolute Gasteiger partial charge is 0.160 e. The highest BCUT2D eigenvalue weighted by Crippen LogP contribution is 2.11. The number of nitrogens with zero attached hydrogens (tertiary/aromatic N) is 3. The summed E-state index contributed by atoms with van der Waals surface area (Å²) in [5.74, 6) is 1.36. The van der Waals surface area contributed by atoms with Crippen LogP contribution in [-0.4, -0.2) is 14.6 Å². The third kappa shape index (κ3) is 1.17. The normalized spacial score (nSPS) is 10.8. The summed E-state index contributed by atoms with van der Waals surface area (Å²) in [7, 11) is 0. The molecule has 0 spiro atoms. The highest BCUT2D eigenvalue weighted by Gasteiger charge is 2.02. The van der Waals surface area contributed by atoms with Gasteiger partial charge in [0.15, 0.2) is 5.65 Å². The lowest BCUT2D eigenvalue weighted by Gasteiger charge is -1.95. The van der Waals surface area contributed by atoms with Crippen molar-refractivity contribution in [3.05, 3.63) is 29.2 Å². The van der Waals surface area contributed by atoms with E-state index < -0.39 is 0 Å². The van der Waals surface area contributed by atoms with Crippen molar-refractivity contribution in [2.75, 3.05) is 0 Å².